The molecule has 0 aliphatic heterocycles. The Hall–Kier alpha value is -1.06. The molecule has 1 aromatic heterocycles. The van der Waals surface area contributed by atoms with Gasteiger partial charge in [-0.1, -0.05) is 36.9 Å². The Morgan fingerprint density at radius 1 is 1.26 bits per heavy atom. The first-order valence-corrected chi connectivity index (χ1v) is 7.43. The smallest absolute Gasteiger partial charge is 0.107 e. The molecule has 1 fully saturated rings. The largest absolute Gasteiger partial charge is 0.342 e. The molecule has 0 radical (unpaired) electrons. The molecule has 1 aromatic carbocycles. The van der Waals surface area contributed by atoms with Crippen molar-refractivity contribution in [3.63, 3.8) is 0 Å². The van der Waals surface area contributed by atoms with Crippen LogP contribution >= 0.6 is 11.6 Å². The fourth-order valence-corrected chi connectivity index (χ4v) is 3.46. The number of nitrogens with two attached hydrogens (primary N) is 1. The Kier molecular flexibility index (Phi) is 3.50. The van der Waals surface area contributed by atoms with E-state index in [-0.39, 0.29) is 5.41 Å². The second-order valence-corrected chi connectivity index (χ2v) is 6.17. The molecule has 0 unspecified atom stereocenters. The molecule has 0 amide bonds. The number of nitrogens with one attached hydrogen (secondary N) is 1. The van der Waals surface area contributed by atoms with E-state index >= 15 is 0 Å². The molecule has 1 aliphatic rings. The van der Waals surface area contributed by atoms with Crippen LogP contribution in [0.4, 0.5) is 0 Å². The standard InChI is InChI=1S/C15H20ClN3/c16-11-5-4-6-12-14(11)19-13(18-12)9-15(10-17)7-2-1-3-8-15/h4-6H,1-3,7-10,17H2,(H,18,19). The van der Waals surface area contributed by atoms with Crippen LogP contribution in [0, 0.1) is 5.41 Å². The van der Waals surface area contributed by atoms with E-state index in [1.807, 2.05) is 18.2 Å². The van der Waals surface area contributed by atoms with E-state index in [9.17, 15) is 0 Å². The lowest BCUT2D eigenvalue weighted by molar-refractivity contribution is 0.194. The van der Waals surface area contributed by atoms with Crippen molar-refractivity contribution >= 4 is 22.6 Å². The summed E-state index contributed by atoms with van der Waals surface area (Å²) in [4.78, 5) is 8.05. The number of hydrogen-bond donors (Lipinski definition) is 2. The van der Waals surface area contributed by atoms with Crippen LogP contribution < -0.4 is 5.73 Å². The molecule has 0 atom stereocenters. The number of rotatable bonds is 3. The molecule has 3 nitrogen and oxygen atoms in total. The molecule has 2 aromatic rings. The van der Waals surface area contributed by atoms with Crippen molar-refractivity contribution < 1.29 is 0 Å². The van der Waals surface area contributed by atoms with Crippen molar-refractivity contribution in [3.8, 4) is 0 Å². The van der Waals surface area contributed by atoms with E-state index in [2.05, 4.69) is 9.97 Å². The average Bonchev–Trinajstić information content (AvgIpc) is 2.83. The fraction of sp³-hybridized carbons (Fsp3) is 0.533. The van der Waals surface area contributed by atoms with E-state index in [0.29, 0.717) is 5.02 Å². The third-order valence-electron chi connectivity index (χ3n) is 4.40. The highest BCUT2D eigenvalue weighted by molar-refractivity contribution is 6.34. The van der Waals surface area contributed by atoms with E-state index in [1.165, 1.54) is 32.1 Å². The summed E-state index contributed by atoms with van der Waals surface area (Å²) in [5, 5.41) is 0.713. The molecule has 1 aliphatic carbocycles. The second kappa shape index (κ2) is 5.14. The summed E-state index contributed by atoms with van der Waals surface area (Å²) in [6.45, 7) is 0.748. The van der Waals surface area contributed by atoms with E-state index in [4.69, 9.17) is 17.3 Å². The van der Waals surface area contributed by atoms with Crippen molar-refractivity contribution in [3.05, 3.63) is 29.0 Å². The minimum absolute atomic E-state index is 0.235. The van der Waals surface area contributed by atoms with E-state index in [1.54, 1.807) is 0 Å². The normalized spacial score (nSPS) is 18.8. The Balaban J connectivity index is 1.89. The van der Waals surface area contributed by atoms with Gasteiger partial charge < -0.3 is 10.7 Å². The van der Waals surface area contributed by atoms with Gasteiger partial charge in [0.05, 0.1) is 10.5 Å². The lowest BCUT2D eigenvalue weighted by Crippen LogP contribution is -2.35. The van der Waals surface area contributed by atoms with E-state index in [0.717, 1.165) is 29.8 Å². The zero-order chi connectivity index (χ0) is 13.3. The third-order valence-corrected chi connectivity index (χ3v) is 4.71. The molecule has 102 valence electrons. The Labute approximate surface area is 118 Å². The molecule has 4 heteroatoms. The number of hydrogen-bond acceptors (Lipinski definition) is 2. The molecular formula is C15H20ClN3. The lowest BCUT2D eigenvalue weighted by atomic mass is 9.72. The minimum atomic E-state index is 0.235. The summed E-state index contributed by atoms with van der Waals surface area (Å²) in [6, 6.07) is 5.85. The Morgan fingerprint density at radius 2 is 2.05 bits per heavy atom. The molecule has 1 saturated carbocycles. The summed E-state index contributed by atoms with van der Waals surface area (Å²) >= 11 is 6.17. The fourth-order valence-electron chi connectivity index (χ4n) is 3.24. The molecule has 19 heavy (non-hydrogen) atoms. The van der Waals surface area contributed by atoms with Crippen LogP contribution in [-0.2, 0) is 6.42 Å². The van der Waals surface area contributed by atoms with E-state index < -0.39 is 0 Å². The number of imidazole rings is 1. The molecule has 0 spiro atoms. The first-order valence-electron chi connectivity index (χ1n) is 7.06. The maximum atomic E-state index is 6.17. The third kappa shape index (κ3) is 2.49. The highest BCUT2D eigenvalue weighted by atomic mass is 35.5. The lowest BCUT2D eigenvalue weighted by Gasteiger charge is -2.35. The van der Waals surface area contributed by atoms with Gasteiger partial charge in [0.2, 0.25) is 0 Å². The molecule has 0 bridgehead atoms. The second-order valence-electron chi connectivity index (χ2n) is 5.76. The zero-order valence-electron chi connectivity index (χ0n) is 11.1. The quantitative estimate of drug-likeness (QED) is 0.899. The number of H-pyrrole nitrogens is 1. The number of halogens is 1. The number of nitrogens with zero attached hydrogens (tertiary/aromatic N) is 1. The number of fused-ring (bicyclic) bond motifs is 1. The highest BCUT2D eigenvalue weighted by Crippen LogP contribution is 2.38. The van der Waals surface area contributed by atoms with Gasteiger partial charge in [0.25, 0.3) is 0 Å². The van der Waals surface area contributed by atoms with Gasteiger partial charge in [0.15, 0.2) is 0 Å². The monoisotopic (exact) mass is 277 g/mol. The Bertz CT molecular complexity index is 570. The predicted molar refractivity (Wildman–Crippen MR) is 79.4 cm³/mol. The van der Waals surface area contributed by atoms with Crippen molar-refractivity contribution in [2.75, 3.05) is 6.54 Å². The number of benzene rings is 1. The van der Waals surface area contributed by atoms with Crippen LogP contribution in [0.2, 0.25) is 5.02 Å². The first kappa shape index (κ1) is 12.9. The first-order chi connectivity index (χ1) is 9.22. The Morgan fingerprint density at radius 3 is 2.74 bits per heavy atom. The van der Waals surface area contributed by atoms with Gasteiger partial charge >= 0.3 is 0 Å². The SMILES string of the molecule is NCC1(Cc2nc3c(Cl)cccc3[nH]2)CCCCC1. The minimum Gasteiger partial charge on any atom is -0.342 e. The van der Waals surface area contributed by atoms with Gasteiger partial charge in [-0.05, 0) is 36.9 Å². The molecule has 3 rings (SSSR count). The van der Waals surface area contributed by atoms with Crippen molar-refractivity contribution in [1.29, 1.82) is 0 Å². The summed E-state index contributed by atoms with van der Waals surface area (Å²) in [5.41, 5.74) is 8.17. The topological polar surface area (TPSA) is 54.7 Å². The molecule has 3 N–H and O–H groups in total. The predicted octanol–water partition coefficient (Wildman–Crippen LogP) is 3.67. The highest BCUT2D eigenvalue weighted by Gasteiger charge is 2.31. The van der Waals surface area contributed by atoms with Crippen LogP contribution in [0.25, 0.3) is 11.0 Å². The summed E-state index contributed by atoms with van der Waals surface area (Å²) < 4.78 is 0. The van der Waals surface area contributed by atoms with Gasteiger partial charge in [0.1, 0.15) is 11.3 Å². The summed E-state index contributed by atoms with van der Waals surface area (Å²) in [6.07, 6.45) is 7.29. The van der Waals surface area contributed by atoms with Crippen LogP contribution in [0.15, 0.2) is 18.2 Å². The number of aromatic amines is 1. The molecule has 1 heterocycles. The van der Waals surface area contributed by atoms with Gasteiger partial charge in [-0.25, -0.2) is 4.98 Å². The van der Waals surface area contributed by atoms with Crippen molar-refractivity contribution in [2.24, 2.45) is 11.1 Å². The van der Waals surface area contributed by atoms with Crippen LogP contribution in [0.1, 0.15) is 37.9 Å². The number of para-hydroxylation sites is 1. The molecular weight excluding hydrogens is 258 g/mol. The molecule has 0 saturated heterocycles. The van der Waals surface area contributed by atoms with Crippen molar-refractivity contribution in [1.82, 2.24) is 9.97 Å². The van der Waals surface area contributed by atoms with Gasteiger partial charge in [-0.3, -0.25) is 0 Å². The number of aromatic nitrogens is 2. The maximum Gasteiger partial charge on any atom is 0.107 e. The maximum absolute atomic E-state index is 6.17. The van der Waals surface area contributed by atoms with Gasteiger partial charge in [0, 0.05) is 6.42 Å². The summed E-state index contributed by atoms with van der Waals surface area (Å²) in [7, 11) is 0. The van der Waals surface area contributed by atoms with Crippen LogP contribution in [0.3, 0.4) is 0 Å². The van der Waals surface area contributed by atoms with Crippen LogP contribution in [-0.4, -0.2) is 16.5 Å². The van der Waals surface area contributed by atoms with Gasteiger partial charge in [-0.15, -0.1) is 0 Å². The average molecular weight is 278 g/mol. The van der Waals surface area contributed by atoms with Gasteiger partial charge in [-0.2, -0.15) is 0 Å². The van der Waals surface area contributed by atoms with Crippen molar-refractivity contribution in [2.45, 2.75) is 38.5 Å². The van der Waals surface area contributed by atoms with Crippen LogP contribution in [0.5, 0.6) is 0 Å². The zero-order valence-corrected chi connectivity index (χ0v) is 11.8. The summed E-state index contributed by atoms with van der Waals surface area (Å²) in [5.74, 6) is 1.02.